The van der Waals surface area contributed by atoms with E-state index in [-0.39, 0.29) is 16.7 Å². The molecule has 0 saturated heterocycles. The molecule has 1 aliphatic rings. The molecule has 0 heterocycles. The molecule has 1 amide bonds. The highest BCUT2D eigenvalue weighted by molar-refractivity contribution is 6.33. The van der Waals surface area contributed by atoms with Crippen LogP contribution in [0, 0.1) is 5.82 Å². The van der Waals surface area contributed by atoms with Gasteiger partial charge in [-0.2, -0.15) is 0 Å². The zero-order valence-corrected chi connectivity index (χ0v) is 9.97. The molecule has 1 fully saturated rings. The third-order valence-corrected chi connectivity index (χ3v) is 3.11. The van der Waals surface area contributed by atoms with E-state index < -0.39 is 11.7 Å². The van der Waals surface area contributed by atoms with Gasteiger partial charge in [-0.3, -0.25) is 9.63 Å². The van der Waals surface area contributed by atoms with Crippen LogP contribution in [0.2, 0.25) is 5.02 Å². The van der Waals surface area contributed by atoms with Crippen LogP contribution in [0.3, 0.4) is 0 Å². The number of hydrogen-bond acceptors (Lipinski definition) is 2. The van der Waals surface area contributed by atoms with E-state index in [0.29, 0.717) is 0 Å². The Morgan fingerprint density at radius 2 is 2.12 bits per heavy atom. The van der Waals surface area contributed by atoms with Gasteiger partial charge in [-0.05, 0) is 31.0 Å². The van der Waals surface area contributed by atoms with Gasteiger partial charge in [0.2, 0.25) is 0 Å². The second-order valence-electron chi connectivity index (χ2n) is 4.08. The molecule has 0 bridgehead atoms. The Balaban J connectivity index is 1.94. The van der Waals surface area contributed by atoms with Crippen molar-refractivity contribution in [2.24, 2.45) is 0 Å². The molecule has 0 aromatic heterocycles. The summed E-state index contributed by atoms with van der Waals surface area (Å²) in [6, 6.07) is 3.63. The van der Waals surface area contributed by atoms with Crippen molar-refractivity contribution >= 4 is 17.5 Å². The molecular formula is C12H13ClFNO2. The lowest BCUT2D eigenvalue weighted by molar-refractivity contribution is -0.0124. The molecule has 5 heteroatoms. The predicted octanol–water partition coefficient (Wildman–Crippen LogP) is 3.08. The fourth-order valence-corrected chi connectivity index (χ4v) is 2.12. The number of amides is 1. The van der Waals surface area contributed by atoms with Gasteiger partial charge in [0.25, 0.3) is 5.91 Å². The summed E-state index contributed by atoms with van der Waals surface area (Å²) in [5.74, 6) is -0.912. The van der Waals surface area contributed by atoms with Gasteiger partial charge < -0.3 is 0 Å². The largest absolute Gasteiger partial charge is 0.276 e. The number of hydrogen-bond donors (Lipinski definition) is 1. The first-order valence-corrected chi connectivity index (χ1v) is 5.95. The number of nitrogens with one attached hydrogen (secondary N) is 1. The predicted molar refractivity (Wildman–Crippen MR) is 62.2 cm³/mol. The summed E-state index contributed by atoms with van der Waals surface area (Å²) in [5, 5.41) is 0.0810. The molecule has 1 saturated carbocycles. The minimum absolute atomic E-state index is 0.0810. The van der Waals surface area contributed by atoms with Crippen LogP contribution in [0.25, 0.3) is 0 Å². The second-order valence-corrected chi connectivity index (χ2v) is 4.49. The fraction of sp³-hybridized carbons (Fsp3) is 0.417. The van der Waals surface area contributed by atoms with Crippen LogP contribution in [0.1, 0.15) is 36.0 Å². The van der Waals surface area contributed by atoms with Crippen LogP contribution in [0.4, 0.5) is 4.39 Å². The molecule has 0 aliphatic heterocycles. The molecular weight excluding hydrogens is 245 g/mol. The van der Waals surface area contributed by atoms with Gasteiger partial charge in [-0.15, -0.1) is 0 Å². The molecule has 1 N–H and O–H groups in total. The lowest BCUT2D eigenvalue weighted by Crippen LogP contribution is -2.28. The molecule has 2 rings (SSSR count). The smallest absolute Gasteiger partial charge is 0.270 e. The molecule has 0 spiro atoms. The zero-order valence-electron chi connectivity index (χ0n) is 9.21. The Morgan fingerprint density at radius 3 is 2.76 bits per heavy atom. The molecule has 1 aromatic rings. The molecule has 0 atom stereocenters. The minimum Gasteiger partial charge on any atom is -0.270 e. The average molecular weight is 258 g/mol. The Kier molecular flexibility index (Phi) is 3.97. The molecule has 92 valence electrons. The van der Waals surface area contributed by atoms with Crippen LogP contribution >= 0.6 is 11.6 Å². The van der Waals surface area contributed by atoms with Crippen LogP contribution in [0.5, 0.6) is 0 Å². The van der Waals surface area contributed by atoms with E-state index in [2.05, 4.69) is 5.48 Å². The van der Waals surface area contributed by atoms with Crippen molar-refractivity contribution < 1.29 is 14.0 Å². The van der Waals surface area contributed by atoms with Crippen LogP contribution < -0.4 is 5.48 Å². The van der Waals surface area contributed by atoms with Gasteiger partial charge in [0, 0.05) is 0 Å². The zero-order chi connectivity index (χ0) is 12.3. The summed E-state index contributed by atoms with van der Waals surface area (Å²) in [4.78, 5) is 16.9. The first-order valence-electron chi connectivity index (χ1n) is 5.58. The number of carbonyl (C=O) groups is 1. The maximum absolute atomic E-state index is 12.8. The van der Waals surface area contributed by atoms with E-state index in [0.717, 1.165) is 31.7 Å². The number of hydroxylamine groups is 1. The van der Waals surface area contributed by atoms with Gasteiger partial charge in [0.1, 0.15) is 5.82 Å². The van der Waals surface area contributed by atoms with Gasteiger partial charge in [0.05, 0.1) is 16.7 Å². The number of halogens is 2. The van der Waals surface area contributed by atoms with Crippen molar-refractivity contribution in [3.63, 3.8) is 0 Å². The molecule has 17 heavy (non-hydrogen) atoms. The normalized spacial score (nSPS) is 16.1. The summed E-state index contributed by atoms with van der Waals surface area (Å²) in [5.41, 5.74) is 2.57. The first kappa shape index (κ1) is 12.3. The van der Waals surface area contributed by atoms with Crippen molar-refractivity contribution in [1.29, 1.82) is 0 Å². The van der Waals surface area contributed by atoms with Gasteiger partial charge >= 0.3 is 0 Å². The molecule has 1 aromatic carbocycles. The van der Waals surface area contributed by atoms with Crippen molar-refractivity contribution in [3.8, 4) is 0 Å². The Bertz CT molecular complexity index is 419. The molecule has 0 unspecified atom stereocenters. The van der Waals surface area contributed by atoms with E-state index in [1.165, 1.54) is 12.1 Å². The lowest BCUT2D eigenvalue weighted by Gasteiger charge is -2.11. The van der Waals surface area contributed by atoms with Crippen molar-refractivity contribution in [2.75, 3.05) is 0 Å². The summed E-state index contributed by atoms with van der Waals surface area (Å²) in [7, 11) is 0. The number of rotatable bonds is 3. The van der Waals surface area contributed by atoms with E-state index in [4.69, 9.17) is 16.4 Å². The summed E-state index contributed by atoms with van der Waals surface area (Å²) >= 11 is 5.76. The fourth-order valence-electron chi connectivity index (χ4n) is 1.87. The van der Waals surface area contributed by atoms with E-state index in [1.807, 2.05) is 0 Å². The van der Waals surface area contributed by atoms with Crippen LogP contribution in [-0.2, 0) is 4.84 Å². The highest BCUT2D eigenvalue weighted by atomic mass is 35.5. The van der Waals surface area contributed by atoms with Gasteiger partial charge in [-0.1, -0.05) is 24.4 Å². The molecule has 0 radical (unpaired) electrons. The summed E-state index contributed by atoms with van der Waals surface area (Å²) < 4.78 is 12.8. The molecule has 3 nitrogen and oxygen atoms in total. The standard InChI is InChI=1S/C12H13ClFNO2/c13-11-7-8(14)5-6-10(11)12(16)15-17-9-3-1-2-4-9/h5-7,9H,1-4H2,(H,15,16). The number of benzene rings is 1. The Morgan fingerprint density at radius 1 is 1.41 bits per heavy atom. The van der Waals surface area contributed by atoms with E-state index >= 15 is 0 Å². The third-order valence-electron chi connectivity index (χ3n) is 2.80. The minimum atomic E-state index is -0.469. The Hall–Kier alpha value is -1.13. The maximum Gasteiger partial charge on any atom is 0.276 e. The van der Waals surface area contributed by atoms with E-state index in [1.54, 1.807) is 0 Å². The topological polar surface area (TPSA) is 38.3 Å². The summed E-state index contributed by atoms with van der Waals surface area (Å²) in [6.45, 7) is 0. The molecule has 1 aliphatic carbocycles. The second kappa shape index (κ2) is 5.47. The van der Waals surface area contributed by atoms with Crippen molar-refractivity contribution in [3.05, 3.63) is 34.6 Å². The monoisotopic (exact) mass is 257 g/mol. The maximum atomic E-state index is 12.8. The highest BCUT2D eigenvalue weighted by Crippen LogP contribution is 2.21. The van der Waals surface area contributed by atoms with Gasteiger partial charge in [-0.25, -0.2) is 9.87 Å². The lowest BCUT2D eigenvalue weighted by atomic mass is 10.2. The van der Waals surface area contributed by atoms with Crippen LogP contribution in [0.15, 0.2) is 18.2 Å². The SMILES string of the molecule is O=C(NOC1CCCC1)c1ccc(F)cc1Cl. The quantitative estimate of drug-likeness (QED) is 0.845. The number of carbonyl (C=O) groups excluding carboxylic acids is 1. The first-order chi connectivity index (χ1) is 8.16. The van der Waals surface area contributed by atoms with E-state index in [9.17, 15) is 9.18 Å². The van der Waals surface area contributed by atoms with Crippen molar-refractivity contribution in [1.82, 2.24) is 5.48 Å². The average Bonchev–Trinajstić information content (AvgIpc) is 2.78. The van der Waals surface area contributed by atoms with Crippen molar-refractivity contribution in [2.45, 2.75) is 31.8 Å². The summed E-state index contributed by atoms with van der Waals surface area (Å²) in [6.07, 6.45) is 4.24. The van der Waals surface area contributed by atoms with Gasteiger partial charge in [0.15, 0.2) is 0 Å². The highest BCUT2D eigenvalue weighted by Gasteiger charge is 2.18. The van der Waals surface area contributed by atoms with Crippen LogP contribution in [-0.4, -0.2) is 12.0 Å². The third kappa shape index (κ3) is 3.17. The Labute approximate surface area is 104 Å².